The zero-order valence-electron chi connectivity index (χ0n) is 20.5. The summed E-state index contributed by atoms with van der Waals surface area (Å²) in [6.07, 6.45) is 2.78. The second kappa shape index (κ2) is 11.6. The third kappa shape index (κ3) is 5.53. The van der Waals surface area contributed by atoms with Crippen molar-refractivity contribution in [3.63, 3.8) is 0 Å². The summed E-state index contributed by atoms with van der Waals surface area (Å²) < 4.78 is 14.5. The summed E-state index contributed by atoms with van der Waals surface area (Å²) >= 11 is 2.23. The normalized spacial score (nSPS) is 15.3. The molecule has 1 amide bonds. The van der Waals surface area contributed by atoms with E-state index in [0.717, 1.165) is 21.8 Å². The van der Waals surface area contributed by atoms with Crippen molar-refractivity contribution in [2.75, 3.05) is 4.90 Å². The van der Waals surface area contributed by atoms with Crippen molar-refractivity contribution >= 4 is 51.7 Å². The lowest BCUT2D eigenvalue weighted by Gasteiger charge is -2.23. The summed E-state index contributed by atoms with van der Waals surface area (Å²) in [5, 5.41) is 30.6. The van der Waals surface area contributed by atoms with Gasteiger partial charge in [0.2, 0.25) is 5.13 Å². The van der Waals surface area contributed by atoms with Crippen molar-refractivity contribution in [1.82, 2.24) is 10.2 Å². The van der Waals surface area contributed by atoms with Crippen LogP contribution in [0, 0.1) is 15.9 Å². The van der Waals surface area contributed by atoms with E-state index in [9.17, 15) is 29.2 Å². The van der Waals surface area contributed by atoms with Gasteiger partial charge in [0.05, 0.1) is 16.5 Å². The number of nitro benzene ring substituents is 1. The van der Waals surface area contributed by atoms with Crippen LogP contribution in [-0.4, -0.2) is 31.9 Å². The summed E-state index contributed by atoms with van der Waals surface area (Å²) in [5.74, 6) is -2.42. The molecule has 1 N–H and O–H groups in total. The molecule has 0 aliphatic carbocycles. The highest BCUT2D eigenvalue weighted by molar-refractivity contribution is 8.00. The maximum absolute atomic E-state index is 14.0. The van der Waals surface area contributed by atoms with Gasteiger partial charge in [-0.25, -0.2) is 4.39 Å². The molecule has 0 fully saturated rings. The lowest BCUT2D eigenvalue weighted by molar-refractivity contribution is -0.384. The summed E-state index contributed by atoms with van der Waals surface area (Å²) in [6.45, 7) is 0. The van der Waals surface area contributed by atoms with E-state index in [1.165, 1.54) is 48.2 Å². The van der Waals surface area contributed by atoms with Crippen LogP contribution in [0.1, 0.15) is 22.7 Å². The number of aliphatic hydroxyl groups is 1. The van der Waals surface area contributed by atoms with Crippen LogP contribution in [0.25, 0.3) is 6.08 Å². The Morgan fingerprint density at radius 3 is 2.60 bits per heavy atom. The number of thioether (sulfide) groups is 1. The number of anilines is 1. The summed E-state index contributed by atoms with van der Waals surface area (Å²) in [4.78, 5) is 38.7. The van der Waals surface area contributed by atoms with E-state index in [4.69, 9.17) is 0 Å². The number of aromatic nitrogens is 2. The molecule has 0 saturated heterocycles. The third-order valence-corrected chi connectivity index (χ3v) is 8.11. The Hall–Kier alpha value is -4.68. The maximum Gasteiger partial charge on any atom is 0.296 e. The van der Waals surface area contributed by atoms with Crippen LogP contribution in [0.15, 0.2) is 101 Å². The van der Waals surface area contributed by atoms with Crippen LogP contribution < -0.4 is 4.90 Å². The van der Waals surface area contributed by atoms with Gasteiger partial charge >= 0.3 is 0 Å². The number of aliphatic hydroxyl groups excluding tert-OH is 1. The fourth-order valence-electron chi connectivity index (χ4n) is 4.12. The first-order valence-electron chi connectivity index (χ1n) is 11.8. The minimum atomic E-state index is -1.20. The largest absolute Gasteiger partial charge is 0.503 e. The van der Waals surface area contributed by atoms with Gasteiger partial charge < -0.3 is 5.11 Å². The number of hydrogen-bond acceptors (Lipinski definition) is 9. The van der Waals surface area contributed by atoms with Crippen LogP contribution in [0.4, 0.5) is 15.2 Å². The Morgan fingerprint density at radius 1 is 1.10 bits per heavy atom. The van der Waals surface area contributed by atoms with Crippen molar-refractivity contribution in [3.8, 4) is 0 Å². The zero-order valence-corrected chi connectivity index (χ0v) is 22.1. The number of amides is 1. The van der Waals surface area contributed by atoms with Gasteiger partial charge in [0, 0.05) is 17.9 Å². The van der Waals surface area contributed by atoms with Gasteiger partial charge in [-0.2, -0.15) is 0 Å². The quantitative estimate of drug-likeness (QED) is 0.0840. The predicted octanol–water partition coefficient (Wildman–Crippen LogP) is 6.06. The average molecular weight is 575 g/mol. The molecule has 4 aromatic rings. The molecular formula is C28H19FN4O5S2. The second-order valence-electron chi connectivity index (χ2n) is 8.53. The number of non-ortho nitro benzene ring substituents is 1. The fourth-order valence-corrected chi connectivity index (χ4v) is 5.97. The van der Waals surface area contributed by atoms with Crippen molar-refractivity contribution < 1.29 is 24.0 Å². The number of benzene rings is 3. The Morgan fingerprint density at radius 2 is 1.85 bits per heavy atom. The molecule has 5 rings (SSSR count). The second-order valence-corrected chi connectivity index (χ2v) is 10.7. The number of ketones is 1. The van der Waals surface area contributed by atoms with E-state index >= 15 is 0 Å². The van der Waals surface area contributed by atoms with Crippen molar-refractivity contribution in [2.45, 2.75) is 16.1 Å². The monoisotopic (exact) mass is 574 g/mol. The number of hydrogen-bond donors (Lipinski definition) is 1. The first-order valence-corrected chi connectivity index (χ1v) is 13.6. The maximum atomic E-state index is 14.0. The van der Waals surface area contributed by atoms with Gasteiger partial charge in [-0.3, -0.25) is 24.6 Å². The van der Waals surface area contributed by atoms with Gasteiger partial charge in [0.25, 0.3) is 11.6 Å². The predicted molar refractivity (Wildman–Crippen MR) is 149 cm³/mol. The fraction of sp³-hybridized carbons (Fsp3) is 0.0714. The first kappa shape index (κ1) is 26.9. The van der Waals surface area contributed by atoms with Crippen molar-refractivity contribution in [3.05, 3.63) is 129 Å². The van der Waals surface area contributed by atoms with Crippen LogP contribution in [0.2, 0.25) is 0 Å². The highest BCUT2D eigenvalue weighted by Crippen LogP contribution is 2.44. The van der Waals surface area contributed by atoms with Crippen molar-refractivity contribution in [1.29, 1.82) is 0 Å². The molecule has 1 atom stereocenters. The molecule has 1 aromatic heterocycles. The average Bonchev–Trinajstić information content (AvgIpc) is 3.53. The molecule has 2 heterocycles. The van der Waals surface area contributed by atoms with Gasteiger partial charge in [-0.1, -0.05) is 89.8 Å². The SMILES string of the molecule is O=C(/C=C/c1ccccc1)C1=C(O)C(=O)N(c2nnc(SCc3ccccc3F)s2)C1c1cccc([N+](=O)[O-])c1. The molecule has 3 aromatic carbocycles. The van der Waals surface area contributed by atoms with E-state index in [2.05, 4.69) is 10.2 Å². The molecule has 1 aliphatic rings. The summed E-state index contributed by atoms with van der Waals surface area (Å²) in [5.41, 5.74) is 0.937. The number of allylic oxidation sites excluding steroid dienone is 1. The number of nitro groups is 1. The molecule has 1 unspecified atom stereocenters. The van der Waals surface area contributed by atoms with Crippen LogP contribution in [0.5, 0.6) is 0 Å². The van der Waals surface area contributed by atoms with E-state index in [1.807, 2.05) is 6.07 Å². The summed E-state index contributed by atoms with van der Waals surface area (Å²) in [6, 6.07) is 19.6. The highest BCUT2D eigenvalue weighted by atomic mass is 32.2. The molecule has 9 nitrogen and oxygen atoms in total. The van der Waals surface area contributed by atoms with E-state index in [-0.39, 0.29) is 33.5 Å². The Balaban J connectivity index is 1.50. The third-order valence-electron chi connectivity index (χ3n) is 6.01. The number of nitrogens with zero attached hydrogens (tertiary/aromatic N) is 4. The van der Waals surface area contributed by atoms with Gasteiger partial charge in [0.15, 0.2) is 15.9 Å². The number of carbonyl (C=O) groups excluding carboxylic acids is 2. The smallest absolute Gasteiger partial charge is 0.296 e. The zero-order chi connectivity index (χ0) is 28.2. The molecule has 0 saturated carbocycles. The van der Waals surface area contributed by atoms with Crippen LogP contribution in [-0.2, 0) is 15.3 Å². The standard InChI is InChI=1S/C28H19FN4O5S2/c29-21-12-5-4-9-19(21)16-39-28-31-30-27(40-28)32-24(18-10-6-11-20(15-18)33(37)38)23(25(35)26(32)36)22(34)14-13-17-7-2-1-3-8-17/h1-15,24,35H,16H2/b14-13+. The van der Waals surface area contributed by atoms with Gasteiger partial charge in [-0.15, -0.1) is 10.2 Å². The lowest BCUT2D eigenvalue weighted by atomic mass is 9.95. The molecule has 40 heavy (non-hydrogen) atoms. The Bertz CT molecular complexity index is 1670. The Kier molecular flexibility index (Phi) is 7.80. The molecule has 12 heteroatoms. The van der Waals surface area contributed by atoms with Gasteiger partial charge in [-0.05, 0) is 28.8 Å². The van der Waals surface area contributed by atoms with E-state index in [1.54, 1.807) is 48.5 Å². The lowest BCUT2D eigenvalue weighted by Crippen LogP contribution is -2.30. The summed E-state index contributed by atoms with van der Waals surface area (Å²) in [7, 11) is 0. The molecule has 200 valence electrons. The van der Waals surface area contributed by atoms with E-state index < -0.39 is 28.4 Å². The molecule has 0 radical (unpaired) electrons. The highest BCUT2D eigenvalue weighted by Gasteiger charge is 2.45. The van der Waals surface area contributed by atoms with Gasteiger partial charge in [0.1, 0.15) is 5.82 Å². The van der Waals surface area contributed by atoms with Crippen LogP contribution in [0.3, 0.4) is 0 Å². The molecule has 0 bridgehead atoms. The first-order chi connectivity index (χ1) is 19.3. The van der Waals surface area contributed by atoms with Crippen LogP contribution >= 0.6 is 23.1 Å². The van der Waals surface area contributed by atoms with E-state index in [0.29, 0.717) is 9.90 Å². The number of carbonyl (C=O) groups is 2. The Labute approximate surface area is 235 Å². The molecule has 0 spiro atoms. The number of halogens is 1. The molecular weight excluding hydrogens is 555 g/mol. The topological polar surface area (TPSA) is 127 Å². The molecule has 1 aliphatic heterocycles. The minimum Gasteiger partial charge on any atom is -0.503 e. The minimum absolute atomic E-state index is 0.0685. The number of rotatable bonds is 9. The van der Waals surface area contributed by atoms with Crippen molar-refractivity contribution in [2.24, 2.45) is 0 Å².